The van der Waals surface area contributed by atoms with Crippen molar-refractivity contribution in [2.75, 3.05) is 0 Å². The van der Waals surface area contributed by atoms with Gasteiger partial charge in [-0.2, -0.15) is 0 Å². The van der Waals surface area contributed by atoms with Crippen LogP contribution in [0.1, 0.15) is 0 Å². The predicted octanol–water partition coefficient (Wildman–Crippen LogP) is 8.91. The lowest BCUT2D eigenvalue weighted by atomic mass is 10.0. The fourth-order valence-corrected chi connectivity index (χ4v) is 5.33. The fourth-order valence-electron chi connectivity index (χ4n) is 4.84. The van der Waals surface area contributed by atoms with Crippen LogP contribution in [0.3, 0.4) is 0 Å². The van der Waals surface area contributed by atoms with Crippen molar-refractivity contribution in [1.82, 2.24) is 24.9 Å². The highest BCUT2D eigenvalue weighted by Gasteiger charge is 2.15. The van der Waals surface area contributed by atoms with E-state index in [0.717, 1.165) is 54.3 Å². The topological polar surface area (TPSA) is 64.5 Å². The summed E-state index contributed by atoms with van der Waals surface area (Å²) in [5.41, 5.74) is 7.97. The van der Waals surface area contributed by atoms with Gasteiger partial charge in [-0.1, -0.05) is 82.7 Å². The molecule has 3 aromatic heterocycles. The van der Waals surface area contributed by atoms with Crippen LogP contribution in [-0.4, -0.2) is 24.9 Å². The molecular formula is C35H22BrN5. The zero-order valence-corrected chi connectivity index (χ0v) is 23.4. The SMILES string of the molecule is Brc1cc(-c2cccnc2)cc(-c2nc(-c3ccc(-c4ccccc4)cc3)nc(-c3ccc4ncccc4c3)n2)c1. The molecule has 0 amide bonds. The Morgan fingerprint density at radius 2 is 1.07 bits per heavy atom. The minimum Gasteiger partial charge on any atom is -0.264 e. The van der Waals surface area contributed by atoms with Crippen LogP contribution in [0.2, 0.25) is 0 Å². The molecule has 6 heteroatoms. The lowest BCUT2D eigenvalue weighted by Gasteiger charge is -2.11. The van der Waals surface area contributed by atoms with Crippen molar-refractivity contribution in [2.24, 2.45) is 0 Å². The fraction of sp³-hybridized carbons (Fsp3) is 0. The lowest BCUT2D eigenvalue weighted by Crippen LogP contribution is -2.00. The van der Waals surface area contributed by atoms with Gasteiger partial charge in [-0.3, -0.25) is 9.97 Å². The molecular weight excluding hydrogens is 570 g/mol. The zero-order valence-electron chi connectivity index (χ0n) is 21.8. The van der Waals surface area contributed by atoms with Gasteiger partial charge in [0.05, 0.1) is 5.52 Å². The molecule has 0 aliphatic rings. The van der Waals surface area contributed by atoms with Gasteiger partial charge < -0.3 is 0 Å². The Kier molecular flexibility index (Phi) is 6.59. The van der Waals surface area contributed by atoms with Crippen LogP contribution in [0.15, 0.2) is 138 Å². The molecule has 0 spiro atoms. The number of hydrogen-bond donors (Lipinski definition) is 0. The third-order valence-electron chi connectivity index (χ3n) is 6.90. The van der Waals surface area contributed by atoms with E-state index < -0.39 is 0 Å². The second-order valence-corrected chi connectivity index (χ2v) is 10.5. The van der Waals surface area contributed by atoms with Gasteiger partial charge in [0, 0.05) is 50.7 Å². The van der Waals surface area contributed by atoms with E-state index >= 15 is 0 Å². The molecule has 194 valence electrons. The van der Waals surface area contributed by atoms with Crippen LogP contribution in [0.25, 0.3) is 67.3 Å². The Hall–Kier alpha value is -5.07. The normalized spacial score (nSPS) is 11.0. The molecule has 3 heterocycles. The first-order valence-corrected chi connectivity index (χ1v) is 14.0. The summed E-state index contributed by atoms with van der Waals surface area (Å²) in [6, 6.07) is 38.9. The van der Waals surface area contributed by atoms with Gasteiger partial charge in [-0.25, -0.2) is 15.0 Å². The van der Waals surface area contributed by atoms with E-state index in [1.54, 1.807) is 12.4 Å². The molecule has 0 fully saturated rings. The second kappa shape index (κ2) is 10.8. The van der Waals surface area contributed by atoms with E-state index in [4.69, 9.17) is 15.0 Å². The van der Waals surface area contributed by atoms with E-state index in [2.05, 4.69) is 80.5 Å². The van der Waals surface area contributed by atoms with Crippen LogP contribution < -0.4 is 0 Å². The summed E-state index contributed by atoms with van der Waals surface area (Å²) < 4.78 is 0.932. The smallest absolute Gasteiger partial charge is 0.164 e. The van der Waals surface area contributed by atoms with Crippen molar-refractivity contribution in [2.45, 2.75) is 0 Å². The van der Waals surface area contributed by atoms with Gasteiger partial charge in [0.2, 0.25) is 0 Å². The maximum absolute atomic E-state index is 4.97. The maximum atomic E-state index is 4.97. The van der Waals surface area contributed by atoms with Crippen LogP contribution in [0.4, 0.5) is 0 Å². The third kappa shape index (κ3) is 5.25. The van der Waals surface area contributed by atoms with E-state index in [1.807, 2.05) is 66.9 Å². The molecule has 0 atom stereocenters. The van der Waals surface area contributed by atoms with Crippen LogP contribution in [0.5, 0.6) is 0 Å². The third-order valence-corrected chi connectivity index (χ3v) is 7.36. The average Bonchev–Trinajstić information content (AvgIpc) is 3.05. The minimum absolute atomic E-state index is 0.592. The highest BCUT2D eigenvalue weighted by atomic mass is 79.9. The van der Waals surface area contributed by atoms with Crippen molar-refractivity contribution < 1.29 is 0 Å². The van der Waals surface area contributed by atoms with Gasteiger partial charge in [0.25, 0.3) is 0 Å². The molecule has 41 heavy (non-hydrogen) atoms. The van der Waals surface area contributed by atoms with Gasteiger partial charge in [0.1, 0.15) is 0 Å². The molecule has 0 unspecified atom stereocenters. The van der Waals surface area contributed by atoms with Crippen molar-refractivity contribution in [3.05, 3.63) is 138 Å². The van der Waals surface area contributed by atoms with Crippen LogP contribution in [-0.2, 0) is 0 Å². The summed E-state index contributed by atoms with van der Waals surface area (Å²) >= 11 is 3.69. The summed E-state index contributed by atoms with van der Waals surface area (Å²) in [4.78, 5) is 23.6. The van der Waals surface area contributed by atoms with Gasteiger partial charge in [-0.15, -0.1) is 0 Å². The molecule has 0 aliphatic heterocycles. The van der Waals surface area contributed by atoms with Gasteiger partial charge in [0.15, 0.2) is 17.5 Å². The first kappa shape index (κ1) is 24.9. The molecule has 4 aromatic carbocycles. The molecule has 7 rings (SSSR count). The highest BCUT2D eigenvalue weighted by Crippen LogP contribution is 2.32. The Balaban J connectivity index is 1.38. The van der Waals surface area contributed by atoms with E-state index in [-0.39, 0.29) is 0 Å². The molecule has 0 aliphatic carbocycles. The van der Waals surface area contributed by atoms with Crippen molar-refractivity contribution >= 4 is 26.8 Å². The van der Waals surface area contributed by atoms with Crippen LogP contribution >= 0.6 is 15.9 Å². The van der Waals surface area contributed by atoms with Gasteiger partial charge in [-0.05, 0) is 65.2 Å². The van der Waals surface area contributed by atoms with Crippen molar-refractivity contribution in [3.63, 3.8) is 0 Å². The Labute approximate surface area is 245 Å². The number of halogens is 1. The molecule has 7 aromatic rings. The van der Waals surface area contributed by atoms with E-state index in [1.165, 1.54) is 0 Å². The van der Waals surface area contributed by atoms with E-state index in [9.17, 15) is 0 Å². The quantitative estimate of drug-likeness (QED) is 0.200. The number of fused-ring (bicyclic) bond motifs is 1. The molecule has 0 N–H and O–H groups in total. The summed E-state index contributed by atoms with van der Waals surface area (Å²) in [7, 11) is 0. The second-order valence-electron chi connectivity index (χ2n) is 9.63. The van der Waals surface area contributed by atoms with Gasteiger partial charge >= 0.3 is 0 Å². The number of hydrogen-bond acceptors (Lipinski definition) is 5. The molecule has 0 radical (unpaired) electrons. The molecule has 0 bridgehead atoms. The van der Waals surface area contributed by atoms with Crippen molar-refractivity contribution in [1.29, 1.82) is 0 Å². The minimum atomic E-state index is 0.592. The number of nitrogens with zero attached hydrogens (tertiary/aromatic N) is 5. The molecule has 0 saturated carbocycles. The average molecular weight is 593 g/mol. The summed E-state index contributed by atoms with van der Waals surface area (Å²) in [6.07, 6.45) is 5.43. The van der Waals surface area contributed by atoms with Crippen LogP contribution in [0, 0.1) is 0 Å². The molecule has 0 saturated heterocycles. The Bertz CT molecular complexity index is 1990. The highest BCUT2D eigenvalue weighted by molar-refractivity contribution is 9.10. The monoisotopic (exact) mass is 591 g/mol. The van der Waals surface area contributed by atoms with Crippen molar-refractivity contribution in [3.8, 4) is 56.4 Å². The summed E-state index contributed by atoms with van der Waals surface area (Å²) in [6.45, 7) is 0. The maximum Gasteiger partial charge on any atom is 0.164 e. The number of benzene rings is 4. The number of rotatable bonds is 5. The summed E-state index contributed by atoms with van der Waals surface area (Å²) in [5.74, 6) is 1.81. The number of aromatic nitrogens is 5. The Morgan fingerprint density at radius 3 is 1.85 bits per heavy atom. The standard InChI is InChI=1S/C35H22BrN5/c36-31-20-29(28-9-4-16-37-22-28)19-30(21-31)35-40-33(25-12-10-24(11-13-25)23-6-2-1-3-7-23)39-34(41-35)27-14-15-32-26(18-27)8-5-17-38-32/h1-22H. The molecule has 5 nitrogen and oxygen atoms in total. The summed E-state index contributed by atoms with van der Waals surface area (Å²) in [5, 5.41) is 1.03. The lowest BCUT2D eigenvalue weighted by molar-refractivity contribution is 1.07. The first-order chi connectivity index (χ1) is 20.2. The zero-order chi connectivity index (χ0) is 27.6. The van der Waals surface area contributed by atoms with E-state index in [0.29, 0.717) is 17.5 Å². The first-order valence-electron chi connectivity index (χ1n) is 13.2. The predicted molar refractivity (Wildman–Crippen MR) is 168 cm³/mol. The largest absolute Gasteiger partial charge is 0.264 e. The Morgan fingerprint density at radius 1 is 0.439 bits per heavy atom. The number of pyridine rings is 2.